The first-order valence-electron chi connectivity index (χ1n) is 6.43. The van der Waals surface area contributed by atoms with E-state index in [1.165, 1.54) is 18.2 Å². The second-order valence-electron chi connectivity index (χ2n) is 4.57. The summed E-state index contributed by atoms with van der Waals surface area (Å²) in [6.07, 6.45) is -5.87. The lowest BCUT2D eigenvalue weighted by atomic mass is 10.2. The minimum absolute atomic E-state index is 0.0564. The molecular weight excluding hydrogens is 445 g/mol. The van der Waals surface area contributed by atoms with Gasteiger partial charge >= 0.3 is 24.1 Å². The van der Waals surface area contributed by atoms with Crippen LogP contribution in [0.15, 0.2) is 27.8 Å². The summed E-state index contributed by atoms with van der Waals surface area (Å²) in [6.45, 7) is -0.414. The molecule has 0 aliphatic rings. The third-order valence-corrected chi connectivity index (χ3v) is 3.32. The molecule has 0 heterocycles. The fraction of sp³-hybridized carbons (Fsp3) is 0.385. The lowest BCUT2D eigenvalue weighted by Crippen LogP contribution is -2.58. The molecule has 0 radical (unpaired) electrons. The third-order valence-electron chi connectivity index (χ3n) is 2.70. The first-order valence-corrected chi connectivity index (χ1v) is 7.23. The third kappa shape index (κ3) is 5.22. The Bertz CT molecular complexity index is 680. The first-order chi connectivity index (χ1) is 11.8. The van der Waals surface area contributed by atoms with Gasteiger partial charge in [-0.25, -0.2) is 10.2 Å². The van der Waals surface area contributed by atoms with Gasteiger partial charge in [0.05, 0.1) is 17.8 Å². The number of hydrazone groups is 1. The average Bonchev–Trinajstić information content (AvgIpc) is 2.52. The van der Waals surface area contributed by atoms with Crippen LogP contribution in [0.1, 0.15) is 5.56 Å². The Balaban J connectivity index is 2.80. The number of nitrogens with zero attached hydrogens (tertiary/aromatic N) is 1. The largest absolute Gasteiger partial charge is 0.481 e. The second-order valence-corrected chi connectivity index (χ2v) is 5.43. The van der Waals surface area contributed by atoms with Gasteiger partial charge in [-0.15, -0.1) is 0 Å². The number of nitrogens with one attached hydrogen (secondary N) is 1. The lowest BCUT2D eigenvalue weighted by Gasteiger charge is -2.27. The molecule has 0 amide bonds. The second kappa shape index (κ2) is 8.10. The van der Waals surface area contributed by atoms with Crippen molar-refractivity contribution in [2.75, 3.05) is 13.7 Å². The fourth-order valence-electron chi connectivity index (χ4n) is 1.35. The molecule has 0 aliphatic carbocycles. The van der Waals surface area contributed by atoms with Crippen LogP contribution in [0.5, 0.6) is 5.75 Å². The Morgan fingerprint density at radius 1 is 1.23 bits per heavy atom. The van der Waals surface area contributed by atoms with Gasteiger partial charge in [-0.2, -0.15) is 35.8 Å². The van der Waals surface area contributed by atoms with E-state index in [-0.39, 0.29) is 15.8 Å². The monoisotopic (exact) mass is 454 g/mol. The highest BCUT2D eigenvalue weighted by molar-refractivity contribution is 9.10. The number of carbonyl (C=O) groups excluding carboxylic acids is 1. The number of hydrogen-bond donors (Lipinski definition) is 1. The molecule has 5 nitrogen and oxygen atoms in total. The summed E-state index contributed by atoms with van der Waals surface area (Å²) in [5.41, 5.74) is 0.551. The number of benzene rings is 1. The SMILES string of the molecule is COC(=O)COc1ccc(/C=N/NC(F)(F)C(F)(F)C(F)(F)F)cc1Br. The van der Waals surface area contributed by atoms with E-state index >= 15 is 0 Å². The average molecular weight is 455 g/mol. The summed E-state index contributed by atoms with van der Waals surface area (Å²) in [4.78, 5) is 10.9. The summed E-state index contributed by atoms with van der Waals surface area (Å²) in [6, 6.07) is -1.92. The van der Waals surface area contributed by atoms with Gasteiger partial charge < -0.3 is 9.47 Å². The smallest absolute Gasteiger partial charge is 0.462 e. The summed E-state index contributed by atoms with van der Waals surface area (Å²) < 4.78 is 96.8. The van der Waals surface area contributed by atoms with E-state index in [1.54, 1.807) is 0 Å². The maximum atomic E-state index is 13.0. The fourth-order valence-corrected chi connectivity index (χ4v) is 1.86. The van der Waals surface area contributed by atoms with E-state index in [4.69, 9.17) is 4.74 Å². The maximum absolute atomic E-state index is 13.0. The summed E-state index contributed by atoms with van der Waals surface area (Å²) in [5, 5.41) is 2.71. The number of carbonyl (C=O) groups is 1. The quantitative estimate of drug-likeness (QED) is 0.224. The molecule has 0 saturated carbocycles. The van der Waals surface area contributed by atoms with Crippen LogP contribution in [0.25, 0.3) is 0 Å². The van der Waals surface area contributed by atoms with Crippen LogP contribution >= 0.6 is 15.9 Å². The molecule has 0 atom stereocenters. The van der Waals surface area contributed by atoms with Gasteiger partial charge in [0.1, 0.15) is 5.75 Å². The zero-order chi connectivity index (χ0) is 20.2. The molecule has 0 spiro atoms. The van der Waals surface area contributed by atoms with E-state index in [9.17, 15) is 35.5 Å². The number of ether oxygens (including phenoxy) is 2. The van der Waals surface area contributed by atoms with Gasteiger partial charge in [0.15, 0.2) is 6.61 Å². The van der Waals surface area contributed by atoms with Crippen molar-refractivity contribution in [3.05, 3.63) is 28.2 Å². The Morgan fingerprint density at radius 2 is 1.85 bits per heavy atom. The van der Waals surface area contributed by atoms with Gasteiger partial charge in [-0.1, -0.05) is 0 Å². The minimum atomic E-state index is -6.46. The number of halogens is 8. The van der Waals surface area contributed by atoms with Crippen LogP contribution in [0, 0.1) is 0 Å². The van der Waals surface area contributed by atoms with Gasteiger partial charge in [-0.3, -0.25) is 0 Å². The van der Waals surface area contributed by atoms with Crippen LogP contribution in [0.2, 0.25) is 0 Å². The van der Waals surface area contributed by atoms with Crippen LogP contribution in [0.3, 0.4) is 0 Å². The van der Waals surface area contributed by atoms with Crippen LogP contribution in [-0.4, -0.2) is 44.0 Å². The normalized spacial score (nSPS) is 13.0. The number of rotatable bonds is 7. The molecule has 0 aliphatic heterocycles. The predicted octanol–water partition coefficient (Wildman–Crippen LogP) is 3.71. The summed E-state index contributed by atoms with van der Waals surface area (Å²) >= 11 is 3.03. The van der Waals surface area contributed by atoms with Gasteiger partial charge in [0, 0.05) is 0 Å². The molecule has 1 aromatic rings. The topological polar surface area (TPSA) is 59.9 Å². The van der Waals surface area contributed by atoms with Gasteiger partial charge in [-0.05, 0) is 39.7 Å². The molecule has 1 N–H and O–H groups in total. The Labute approximate surface area is 150 Å². The molecule has 13 heteroatoms. The van der Waals surface area contributed by atoms with E-state index in [2.05, 4.69) is 25.8 Å². The number of alkyl halides is 7. The Hall–Kier alpha value is -2.05. The molecule has 0 bridgehead atoms. The summed E-state index contributed by atoms with van der Waals surface area (Å²) in [5.74, 6) is -6.82. The highest BCUT2D eigenvalue weighted by Gasteiger charge is 2.73. The van der Waals surface area contributed by atoms with Crippen molar-refractivity contribution in [3.63, 3.8) is 0 Å². The molecule has 1 rings (SSSR count). The Morgan fingerprint density at radius 3 is 2.35 bits per heavy atom. The molecule has 1 aromatic carbocycles. The number of esters is 1. The van der Waals surface area contributed by atoms with Crippen molar-refractivity contribution in [2.45, 2.75) is 18.1 Å². The minimum Gasteiger partial charge on any atom is -0.481 e. The van der Waals surface area contributed by atoms with Crippen LogP contribution < -0.4 is 10.2 Å². The van der Waals surface area contributed by atoms with Crippen molar-refractivity contribution < 1.29 is 45.0 Å². The number of hydrogen-bond acceptors (Lipinski definition) is 5. The van der Waals surface area contributed by atoms with Gasteiger partial charge in [0.25, 0.3) is 0 Å². The molecule has 0 saturated heterocycles. The first kappa shape index (κ1) is 22.0. The molecule has 26 heavy (non-hydrogen) atoms. The van der Waals surface area contributed by atoms with E-state index < -0.39 is 30.7 Å². The molecule has 0 fully saturated rings. The van der Waals surface area contributed by atoms with E-state index in [0.717, 1.165) is 7.11 Å². The zero-order valence-electron chi connectivity index (χ0n) is 12.7. The van der Waals surface area contributed by atoms with Crippen molar-refractivity contribution in [1.29, 1.82) is 0 Å². The predicted molar refractivity (Wildman–Crippen MR) is 78.3 cm³/mol. The standard InChI is InChI=1S/C13H10BrF7N2O3/c1-25-10(24)6-26-9-3-2-7(4-8(9)14)5-22-23-13(20,21)11(15,16)12(17,18)19/h2-5,23H,6H2,1H3/b22-5+. The van der Waals surface area contributed by atoms with Crippen molar-refractivity contribution in [1.82, 2.24) is 5.43 Å². The van der Waals surface area contributed by atoms with E-state index in [0.29, 0.717) is 11.6 Å². The van der Waals surface area contributed by atoms with Crippen LogP contribution in [0.4, 0.5) is 30.7 Å². The molecule has 0 aromatic heterocycles. The highest BCUT2D eigenvalue weighted by Crippen LogP contribution is 2.44. The van der Waals surface area contributed by atoms with E-state index in [1.807, 2.05) is 0 Å². The van der Waals surface area contributed by atoms with Crippen LogP contribution in [-0.2, 0) is 9.53 Å². The molecular formula is C13H10BrF7N2O3. The van der Waals surface area contributed by atoms with Crippen molar-refractivity contribution >= 4 is 28.1 Å². The van der Waals surface area contributed by atoms with Crippen molar-refractivity contribution in [3.8, 4) is 5.75 Å². The summed E-state index contributed by atoms with van der Waals surface area (Å²) in [7, 11) is 1.14. The van der Waals surface area contributed by atoms with Gasteiger partial charge in [0.2, 0.25) is 0 Å². The number of methoxy groups -OCH3 is 1. The molecule has 0 unspecified atom stereocenters. The Kier molecular flexibility index (Phi) is 6.85. The zero-order valence-corrected chi connectivity index (χ0v) is 14.3. The maximum Gasteiger partial charge on any atom is 0.462 e. The van der Waals surface area contributed by atoms with Crippen molar-refractivity contribution in [2.24, 2.45) is 5.10 Å². The molecule has 146 valence electrons. The highest BCUT2D eigenvalue weighted by atomic mass is 79.9. The lowest BCUT2D eigenvalue weighted by molar-refractivity contribution is -0.361.